The highest BCUT2D eigenvalue weighted by molar-refractivity contribution is 8.00. The summed E-state index contributed by atoms with van der Waals surface area (Å²) in [6.45, 7) is 1.45. The molecule has 2 aromatic carbocycles. The zero-order chi connectivity index (χ0) is 19.5. The maximum atomic E-state index is 12.4. The number of carbonyl (C=O) groups excluding carboxylic acids is 2. The molecule has 3 N–H and O–H groups in total. The number of hydrogen-bond donors (Lipinski definition) is 3. The molecule has 0 saturated heterocycles. The van der Waals surface area contributed by atoms with Gasteiger partial charge < -0.3 is 20.7 Å². The van der Waals surface area contributed by atoms with E-state index in [0.29, 0.717) is 23.5 Å². The molecule has 0 aliphatic rings. The second kappa shape index (κ2) is 11.3. The standard InChI is InChI=1S/C20H25N3O3S/c1-21-11-6-12-22-20(25)17-9-3-4-10-18(17)27-14-19(24)23-15-7-5-8-16(13-15)26-2/h3-5,7-10,13,21H,6,11-12,14H2,1-2H3,(H,22,25)(H,23,24). The maximum absolute atomic E-state index is 12.4. The molecule has 0 aliphatic carbocycles. The van der Waals surface area contributed by atoms with E-state index < -0.39 is 0 Å². The molecule has 0 atom stereocenters. The van der Waals surface area contributed by atoms with Crippen molar-refractivity contribution in [3.8, 4) is 5.75 Å². The van der Waals surface area contributed by atoms with Crippen LogP contribution in [0.25, 0.3) is 0 Å². The second-order valence-electron chi connectivity index (χ2n) is 5.78. The van der Waals surface area contributed by atoms with Crippen molar-refractivity contribution in [2.75, 3.05) is 38.3 Å². The Morgan fingerprint density at radius 2 is 1.89 bits per heavy atom. The highest BCUT2D eigenvalue weighted by atomic mass is 32.2. The Morgan fingerprint density at radius 3 is 2.67 bits per heavy atom. The van der Waals surface area contributed by atoms with E-state index in [0.717, 1.165) is 17.9 Å². The van der Waals surface area contributed by atoms with Crippen LogP contribution in [0.2, 0.25) is 0 Å². The number of benzene rings is 2. The summed E-state index contributed by atoms with van der Waals surface area (Å²) in [4.78, 5) is 25.4. The van der Waals surface area contributed by atoms with E-state index >= 15 is 0 Å². The number of nitrogens with one attached hydrogen (secondary N) is 3. The van der Waals surface area contributed by atoms with Gasteiger partial charge in [-0.25, -0.2) is 0 Å². The van der Waals surface area contributed by atoms with Crippen molar-refractivity contribution >= 4 is 29.3 Å². The molecule has 0 fully saturated rings. The Balaban J connectivity index is 1.91. The van der Waals surface area contributed by atoms with Crippen LogP contribution < -0.4 is 20.7 Å². The molecule has 0 aliphatic heterocycles. The summed E-state index contributed by atoms with van der Waals surface area (Å²) in [5.41, 5.74) is 1.26. The van der Waals surface area contributed by atoms with Gasteiger partial charge in [-0.2, -0.15) is 0 Å². The van der Waals surface area contributed by atoms with Gasteiger partial charge in [0.1, 0.15) is 5.75 Å². The predicted molar refractivity (Wildman–Crippen MR) is 110 cm³/mol. The van der Waals surface area contributed by atoms with E-state index in [1.165, 1.54) is 11.8 Å². The van der Waals surface area contributed by atoms with Crippen molar-refractivity contribution in [3.63, 3.8) is 0 Å². The average molecular weight is 388 g/mol. The topological polar surface area (TPSA) is 79.5 Å². The van der Waals surface area contributed by atoms with Gasteiger partial charge in [-0.1, -0.05) is 18.2 Å². The molecule has 0 saturated carbocycles. The molecule has 2 aromatic rings. The molecular weight excluding hydrogens is 362 g/mol. The van der Waals surface area contributed by atoms with Crippen molar-refractivity contribution in [3.05, 3.63) is 54.1 Å². The Kier molecular flexibility index (Phi) is 8.67. The van der Waals surface area contributed by atoms with Gasteiger partial charge >= 0.3 is 0 Å². The van der Waals surface area contributed by atoms with E-state index in [1.807, 2.05) is 37.4 Å². The number of carbonyl (C=O) groups is 2. The molecule has 0 bridgehead atoms. The van der Waals surface area contributed by atoms with Crippen LogP contribution in [0.15, 0.2) is 53.4 Å². The lowest BCUT2D eigenvalue weighted by molar-refractivity contribution is -0.113. The molecule has 0 aromatic heterocycles. The monoisotopic (exact) mass is 387 g/mol. The number of anilines is 1. The summed E-state index contributed by atoms with van der Waals surface area (Å²) in [6.07, 6.45) is 0.862. The molecule has 0 spiro atoms. The Bertz CT molecular complexity index is 768. The molecule has 6 nitrogen and oxygen atoms in total. The zero-order valence-electron chi connectivity index (χ0n) is 15.6. The van der Waals surface area contributed by atoms with Crippen LogP contribution in [0.1, 0.15) is 16.8 Å². The third-order valence-corrected chi connectivity index (χ3v) is 4.81. The number of thioether (sulfide) groups is 1. The van der Waals surface area contributed by atoms with Crippen molar-refractivity contribution in [1.82, 2.24) is 10.6 Å². The Hall–Kier alpha value is -2.51. The van der Waals surface area contributed by atoms with Crippen LogP contribution in [-0.4, -0.2) is 44.8 Å². The van der Waals surface area contributed by atoms with Gasteiger partial charge in [0.05, 0.1) is 18.4 Å². The molecule has 27 heavy (non-hydrogen) atoms. The van der Waals surface area contributed by atoms with Gasteiger partial charge in [0.25, 0.3) is 5.91 Å². The van der Waals surface area contributed by atoms with Crippen molar-refractivity contribution in [2.24, 2.45) is 0 Å². The molecule has 2 amide bonds. The van der Waals surface area contributed by atoms with Gasteiger partial charge in [-0.15, -0.1) is 11.8 Å². The van der Waals surface area contributed by atoms with E-state index in [4.69, 9.17) is 4.74 Å². The third kappa shape index (κ3) is 6.96. The summed E-state index contributed by atoms with van der Waals surface area (Å²) in [6, 6.07) is 14.5. The van der Waals surface area contributed by atoms with Crippen molar-refractivity contribution in [2.45, 2.75) is 11.3 Å². The molecule has 0 radical (unpaired) electrons. The summed E-state index contributed by atoms with van der Waals surface area (Å²) in [7, 11) is 3.46. The third-order valence-electron chi connectivity index (χ3n) is 3.73. The molecule has 7 heteroatoms. The van der Waals surface area contributed by atoms with Gasteiger partial charge in [0.2, 0.25) is 5.91 Å². The average Bonchev–Trinajstić information content (AvgIpc) is 2.70. The van der Waals surface area contributed by atoms with Gasteiger partial charge in [0, 0.05) is 23.2 Å². The van der Waals surface area contributed by atoms with E-state index in [2.05, 4.69) is 16.0 Å². The van der Waals surface area contributed by atoms with Crippen LogP contribution >= 0.6 is 11.8 Å². The van der Waals surface area contributed by atoms with E-state index in [-0.39, 0.29) is 17.6 Å². The number of amides is 2. The predicted octanol–water partition coefficient (Wildman–Crippen LogP) is 2.77. The van der Waals surface area contributed by atoms with Gasteiger partial charge in [-0.3, -0.25) is 9.59 Å². The molecule has 0 heterocycles. The van der Waals surface area contributed by atoms with Crippen LogP contribution in [0, 0.1) is 0 Å². The fourth-order valence-corrected chi connectivity index (χ4v) is 3.23. The fourth-order valence-electron chi connectivity index (χ4n) is 2.38. The number of methoxy groups -OCH3 is 1. The molecule has 2 rings (SSSR count). The SMILES string of the molecule is CNCCCNC(=O)c1ccccc1SCC(=O)Nc1cccc(OC)c1. The zero-order valence-corrected chi connectivity index (χ0v) is 16.4. The van der Waals surface area contributed by atoms with Crippen LogP contribution in [0.3, 0.4) is 0 Å². The minimum atomic E-state index is -0.141. The summed E-state index contributed by atoms with van der Waals surface area (Å²) in [5, 5.41) is 8.79. The summed E-state index contributed by atoms with van der Waals surface area (Å²) >= 11 is 1.34. The highest BCUT2D eigenvalue weighted by Crippen LogP contribution is 2.23. The van der Waals surface area contributed by atoms with Crippen LogP contribution in [0.5, 0.6) is 5.75 Å². The first kappa shape index (κ1) is 20.8. The number of rotatable bonds is 10. The van der Waals surface area contributed by atoms with E-state index in [9.17, 15) is 9.59 Å². The smallest absolute Gasteiger partial charge is 0.252 e. The fraction of sp³-hybridized carbons (Fsp3) is 0.300. The Labute approximate surface area is 164 Å². The minimum Gasteiger partial charge on any atom is -0.497 e. The van der Waals surface area contributed by atoms with E-state index in [1.54, 1.807) is 25.3 Å². The first-order valence-electron chi connectivity index (χ1n) is 8.72. The number of hydrogen-bond acceptors (Lipinski definition) is 5. The first-order chi connectivity index (χ1) is 13.1. The van der Waals surface area contributed by atoms with Crippen molar-refractivity contribution < 1.29 is 14.3 Å². The quantitative estimate of drug-likeness (QED) is 0.432. The van der Waals surface area contributed by atoms with Gasteiger partial charge in [-0.05, 0) is 44.3 Å². The van der Waals surface area contributed by atoms with Crippen LogP contribution in [0.4, 0.5) is 5.69 Å². The lowest BCUT2D eigenvalue weighted by Gasteiger charge is -2.10. The molecule has 144 valence electrons. The van der Waals surface area contributed by atoms with Gasteiger partial charge in [0.15, 0.2) is 0 Å². The highest BCUT2D eigenvalue weighted by Gasteiger charge is 2.12. The lowest BCUT2D eigenvalue weighted by Crippen LogP contribution is -2.27. The molecule has 0 unspecified atom stereocenters. The maximum Gasteiger partial charge on any atom is 0.252 e. The summed E-state index contributed by atoms with van der Waals surface area (Å²) < 4.78 is 5.15. The molecular formula is C20H25N3O3S. The van der Waals surface area contributed by atoms with Crippen LogP contribution in [-0.2, 0) is 4.79 Å². The second-order valence-corrected chi connectivity index (χ2v) is 6.80. The lowest BCUT2D eigenvalue weighted by atomic mass is 10.2. The van der Waals surface area contributed by atoms with Crippen molar-refractivity contribution in [1.29, 1.82) is 0 Å². The first-order valence-corrected chi connectivity index (χ1v) is 9.71. The number of ether oxygens (including phenoxy) is 1. The Morgan fingerprint density at radius 1 is 1.07 bits per heavy atom. The summed E-state index contributed by atoms with van der Waals surface area (Å²) in [5.74, 6) is 0.627. The normalized spacial score (nSPS) is 10.3. The minimum absolute atomic E-state index is 0.123. The largest absolute Gasteiger partial charge is 0.497 e.